The van der Waals surface area contributed by atoms with E-state index >= 15 is 0 Å². The number of nitro benzene ring substituents is 1. The van der Waals surface area contributed by atoms with Crippen LogP contribution < -0.4 is 10.3 Å². The van der Waals surface area contributed by atoms with Crippen LogP contribution in [0.5, 0.6) is 5.75 Å². The number of benzene rings is 3. The van der Waals surface area contributed by atoms with Crippen LogP contribution in [0.25, 0.3) is 16.6 Å². The number of carbonyl (C=O) groups excluding carboxylic acids is 1. The van der Waals surface area contributed by atoms with Crippen LogP contribution >= 0.6 is 0 Å². The van der Waals surface area contributed by atoms with E-state index in [-0.39, 0.29) is 30.0 Å². The number of carbonyl (C=O) groups is 1. The fourth-order valence-corrected chi connectivity index (χ4v) is 4.66. The third-order valence-electron chi connectivity index (χ3n) is 6.64. The number of hydrogen-bond acceptors (Lipinski definition) is 7. The average molecular weight is 531 g/mol. The molecule has 0 fully saturated rings. The van der Waals surface area contributed by atoms with Gasteiger partial charge in [-0.15, -0.1) is 0 Å². The molecule has 1 amide bonds. The molecule has 0 aliphatic rings. The highest BCUT2D eigenvalue weighted by Gasteiger charge is 2.31. The molecule has 10 nitrogen and oxygen atoms in total. The second-order valence-electron chi connectivity index (χ2n) is 8.97. The van der Waals surface area contributed by atoms with E-state index in [4.69, 9.17) is 14.5 Å². The van der Waals surface area contributed by atoms with Crippen molar-refractivity contribution in [3.8, 4) is 11.4 Å². The largest absolute Gasteiger partial charge is 0.495 e. The molecule has 4 rings (SSSR count). The zero-order valence-corrected chi connectivity index (χ0v) is 22.3. The van der Waals surface area contributed by atoms with Gasteiger partial charge in [0.25, 0.3) is 17.2 Å². The highest BCUT2D eigenvalue weighted by molar-refractivity contribution is 5.95. The summed E-state index contributed by atoms with van der Waals surface area (Å²) in [7, 11) is 3.05. The van der Waals surface area contributed by atoms with Gasteiger partial charge in [-0.05, 0) is 43.7 Å². The summed E-state index contributed by atoms with van der Waals surface area (Å²) < 4.78 is 12.4. The Morgan fingerprint density at radius 1 is 1.10 bits per heavy atom. The summed E-state index contributed by atoms with van der Waals surface area (Å²) in [5, 5.41) is 12.0. The summed E-state index contributed by atoms with van der Waals surface area (Å²) in [6.45, 7) is 3.89. The van der Waals surface area contributed by atoms with E-state index in [0.717, 1.165) is 0 Å². The number of aryl methyl sites for hydroxylation is 1. The summed E-state index contributed by atoms with van der Waals surface area (Å²) >= 11 is 0. The standard InChI is InChI=1S/C29H30N4O6/c1-5-23(31(16-17-38-3)28(34)20-15-14-19(2)25(18-20)33(36)37)27-30-22-11-7-6-10-21(22)29(35)32(27)24-12-8-9-13-26(24)39-4/h6-15,18,23H,5,16-17H2,1-4H3. The third-order valence-corrected chi connectivity index (χ3v) is 6.64. The Balaban J connectivity index is 1.96. The second kappa shape index (κ2) is 11.9. The molecule has 0 N–H and O–H groups in total. The molecule has 0 bridgehead atoms. The van der Waals surface area contributed by atoms with Crippen molar-refractivity contribution >= 4 is 22.5 Å². The maximum absolute atomic E-state index is 13.9. The molecule has 1 aromatic heterocycles. The molecule has 202 valence electrons. The Kier molecular flexibility index (Phi) is 8.36. The predicted octanol–water partition coefficient (Wildman–Crippen LogP) is 4.85. The molecule has 0 aliphatic heterocycles. The molecule has 10 heteroatoms. The Hall–Kier alpha value is -4.57. The third kappa shape index (κ3) is 5.37. The first-order chi connectivity index (χ1) is 18.8. The zero-order valence-electron chi connectivity index (χ0n) is 22.3. The minimum absolute atomic E-state index is 0.143. The van der Waals surface area contributed by atoms with E-state index in [9.17, 15) is 19.7 Å². The second-order valence-corrected chi connectivity index (χ2v) is 8.97. The number of para-hydroxylation sites is 3. The molecule has 3 aromatic carbocycles. The average Bonchev–Trinajstić information content (AvgIpc) is 2.95. The van der Waals surface area contributed by atoms with Gasteiger partial charge in [-0.2, -0.15) is 0 Å². The van der Waals surface area contributed by atoms with Crippen LogP contribution in [0.4, 0.5) is 5.69 Å². The first kappa shape index (κ1) is 27.5. The molecule has 0 aliphatic carbocycles. The molecular formula is C29H30N4O6. The van der Waals surface area contributed by atoms with E-state index < -0.39 is 16.9 Å². The van der Waals surface area contributed by atoms with Crippen molar-refractivity contribution in [1.29, 1.82) is 0 Å². The number of hydrogen-bond donors (Lipinski definition) is 0. The van der Waals surface area contributed by atoms with Crippen molar-refractivity contribution in [2.75, 3.05) is 27.4 Å². The van der Waals surface area contributed by atoms with E-state index in [1.165, 1.54) is 24.9 Å². The van der Waals surface area contributed by atoms with Gasteiger partial charge in [-0.3, -0.25) is 24.3 Å². The van der Waals surface area contributed by atoms with Crippen molar-refractivity contribution in [2.45, 2.75) is 26.3 Å². The fraction of sp³-hybridized carbons (Fsp3) is 0.276. The molecule has 0 saturated heterocycles. The molecule has 1 atom stereocenters. The van der Waals surface area contributed by atoms with Crippen LogP contribution in [-0.2, 0) is 4.74 Å². The lowest BCUT2D eigenvalue weighted by atomic mass is 10.1. The monoisotopic (exact) mass is 530 g/mol. The van der Waals surface area contributed by atoms with Crippen LogP contribution in [0.2, 0.25) is 0 Å². The Morgan fingerprint density at radius 2 is 1.82 bits per heavy atom. The Morgan fingerprint density at radius 3 is 2.51 bits per heavy atom. The highest BCUT2D eigenvalue weighted by atomic mass is 16.6. The molecule has 39 heavy (non-hydrogen) atoms. The maximum Gasteiger partial charge on any atom is 0.273 e. The summed E-state index contributed by atoms with van der Waals surface area (Å²) in [6, 6.07) is 17.9. The quantitative estimate of drug-likeness (QED) is 0.212. The van der Waals surface area contributed by atoms with Gasteiger partial charge in [0.15, 0.2) is 0 Å². The van der Waals surface area contributed by atoms with Gasteiger partial charge in [0.05, 0.1) is 41.3 Å². The van der Waals surface area contributed by atoms with Gasteiger partial charge in [0.2, 0.25) is 0 Å². The molecule has 0 spiro atoms. The summed E-state index contributed by atoms with van der Waals surface area (Å²) in [4.78, 5) is 45.4. The van der Waals surface area contributed by atoms with Gasteiger partial charge >= 0.3 is 0 Å². The highest BCUT2D eigenvalue weighted by Crippen LogP contribution is 2.31. The minimum atomic E-state index is -0.671. The molecule has 0 radical (unpaired) electrons. The molecule has 0 saturated carbocycles. The molecule has 4 aromatic rings. The lowest BCUT2D eigenvalue weighted by Crippen LogP contribution is -2.40. The van der Waals surface area contributed by atoms with Crippen LogP contribution in [-0.4, -0.2) is 52.7 Å². The SMILES string of the molecule is CCC(c1nc2ccccc2c(=O)n1-c1ccccc1OC)N(CCOC)C(=O)c1ccc(C)c([N+](=O)[O-])c1. The predicted molar refractivity (Wildman–Crippen MR) is 148 cm³/mol. The van der Waals surface area contributed by atoms with Crippen molar-refractivity contribution in [2.24, 2.45) is 0 Å². The van der Waals surface area contributed by atoms with Crippen molar-refractivity contribution in [3.63, 3.8) is 0 Å². The van der Waals surface area contributed by atoms with Crippen LogP contribution in [0.3, 0.4) is 0 Å². The lowest BCUT2D eigenvalue weighted by Gasteiger charge is -2.32. The fourth-order valence-electron chi connectivity index (χ4n) is 4.66. The number of fused-ring (bicyclic) bond motifs is 1. The van der Waals surface area contributed by atoms with E-state index in [1.54, 1.807) is 72.5 Å². The minimum Gasteiger partial charge on any atom is -0.495 e. The number of rotatable bonds is 10. The van der Waals surface area contributed by atoms with Crippen LogP contribution in [0.15, 0.2) is 71.5 Å². The molecular weight excluding hydrogens is 500 g/mol. The normalized spacial score (nSPS) is 11.8. The van der Waals surface area contributed by atoms with Gasteiger partial charge in [-0.1, -0.05) is 37.3 Å². The Labute approximate surface area is 225 Å². The van der Waals surface area contributed by atoms with Crippen LogP contribution in [0.1, 0.15) is 41.1 Å². The number of ether oxygens (including phenoxy) is 2. The van der Waals surface area contributed by atoms with Gasteiger partial charge in [0.1, 0.15) is 11.6 Å². The first-order valence-electron chi connectivity index (χ1n) is 12.5. The first-order valence-corrected chi connectivity index (χ1v) is 12.5. The number of nitrogens with zero attached hydrogens (tertiary/aromatic N) is 4. The maximum atomic E-state index is 13.9. The molecule has 1 heterocycles. The van der Waals surface area contributed by atoms with Crippen LogP contribution in [0, 0.1) is 17.0 Å². The van der Waals surface area contributed by atoms with Gasteiger partial charge in [0, 0.05) is 30.8 Å². The number of amides is 1. The zero-order chi connectivity index (χ0) is 28.1. The number of methoxy groups -OCH3 is 2. The van der Waals surface area contributed by atoms with Gasteiger partial charge in [-0.25, -0.2) is 4.98 Å². The Bertz CT molecular complexity index is 1580. The smallest absolute Gasteiger partial charge is 0.273 e. The van der Waals surface area contributed by atoms with Crippen molar-refractivity contribution in [1.82, 2.24) is 14.5 Å². The number of nitro groups is 1. The van der Waals surface area contributed by atoms with Gasteiger partial charge < -0.3 is 14.4 Å². The topological polar surface area (TPSA) is 117 Å². The van der Waals surface area contributed by atoms with Crippen molar-refractivity contribution < 1.29 is 19.2 Å². The molecule has 1 unspecified atom stereocenters. The summed E-state index contributed by atoms with van der Waals surface area (Å²) in [6.07, 6.45) is 0.406. The number of aromatic nitrogens is 2. The summed E-state index contributed by atoms with van der Waals surface area (Å²) in [5.41, 5.74) is 1.15. The summed E-state index contributed by atoms with van der Waals surface area (Å²) in [5.74, 6) is 0.379. The van der Waals surface area contributed by atoms with E-state index in [0.29, 0.717) is 40.1 Å². The van der Waals surface area contributed by atoms with E-state index in [2.05, 4.69) is 0 Å². The lowest BCUT2D eigenvalue weighted by molar-refractivity contribution is -0.385. The van der Waals surface area contributed by atoms with Crippen molar-refractivity contribution in [3.05, 3.63) is 104 Å². The van der Waals surface area contributed by atoms with E-state index in [1.807, 2.05) is 6.92 Å².